The number of benzene rings is 2. The summed E-state index contributed by atoms with van der Waals surface area (Å²) in [6.07, 6.45) is 3.71. The second kappa shape index (κ2) is 9.13. The van der Waals surface area contributed by atoms with Crippen molar-refractivity contribution in [2.45, 2.75) is 46.6 Å². The van der Waals surface area contributed by atoms with Gasteiger partial charge >= 0.3 is 0 Å². The van der Waals surface area contributed by atoms with Crippen molar-refractivity contribution in [3.05, 3.63) is 88.9 Å². The van der Waals surface area contributed by atoms with E-state index in [0.717, 1.165) is 47.6 Å². The van der Waals surface area contributed by atoms with Gasteiger partial charge in [0.05, 0.1) is 6.54 Å². The zero-order valence-electron chi connectivity index (χ0n) is 18.4. The van der Waals surface area contributed by atoms with Crippen molar-refractivity contribution in [2.75, 3.05) is 5.32 Å². The lowest BCUT2D eigenvalue weighted by molar-refractivity contribution is -0.116. The first-order chi connectivity index (χ1) is 15.0. The standard InChI is InChI=1S/C26H28N4O/c1-18-12-14-21(15-13-18)17-30-24(28-23-9-6-16-27-26(23)30)10-5-11-25(31)29-22-8-4-7-19(2)20(22)3/h4,6-9,12-16H,5,10-11,17H2,1-3H3,(H,29,31). The summed E-state index contributed by atoms with van der Waals surface area (Å²) in [5.74, 6) is 1.00. The molecule has 0 saturated carbocycles. The van der Waals surface area contributed by atoms with Crippen LogP contribution in [0, 0.1) is 20.8 Å². The van der Waals surface area contributed by atoms with E-state index in [1.807, 2.05) is 31.2 Å². The van der Waals surface area contributed by atoms with E-state index in [9.17, 15) is 4.79 Å². The fourth-order valence-electron chi connectivity index (χ4n) is 3.74. The van der Waals surface area contributed by atoms with Crippen molar-refractivity contribution in [3.63, 3.8) is 0 Å². The summed E-state index contributed by atoms with van der Waals surface area (Å²) < 4.78 is 2.17. The highest BCUT2D eigenvalue weighted by Crippen LogP contribution is 2.20. The van der Waals surface area contributed by atoms with Gasteiger partial charge in [0, 0.05) is 24.7 Å². The summed E-state index contributed by atoms with van der Waals surface area (Å²) in [5.41, 5.74) is 7.41. The highest BCUT2D eigenvalue weighted by Gasteiger charge is 2.13. The second-order valence-electron chi connectivity index (χ2n) is 8.10. The summed E-state index contributed by atoms with van der Waals surface area (Å²) in [7, 11) is 0. The number of nitrogens with one attached hydrogen (secondary N) is 1. The van der Waals surface area contributed by atoms with Crippen molar-refractivity contribution < 1.29 is 4.79 Å². The number of nitrogens with zero attached hydrogens (tertiary/aromatic N) is 3. The Hall–Kier alpha value is -3.47. The zero-order valence-corrected chi connectivity index (χ0v) is 18.4. The molecule has 2 aromatic carbocycles. The fraction of sp³-hybridized carbons (Fsp3) is 0.269. The number of carbonyl (C=O) groups excluding carboxylic acids is 1. The third kappa shape index (κ3) is 4.82. The van der Waals surface area contributed by atoms with E-state index >= 15 is 0 Å². The zero-order chi connectivity index (χ0) is 21.8. The molecule has 0 fully saturated rings. The third-order valence-corrected chi connectivity index (χ3v) is 5.73. The van der Waals surface area contributed by atoms with Crippen LogP contribution in [0.4, 0.5) is 5.69 Å². The van der Waals surface area contributed by atoms with Crippen molar-refractivity contribution in [1.29, 1.82) is 0 Å². The molecule has 1 N–H and O–H groups in total. The molecule has 1 amide bonds. The lowest BCUT2D eigenvalue weighted by Crippen LogP contribution is -2.13. The number of aryl methyl sites for hydroxylation is 3. The molecule has 4 aromatic rings. The van der Waals surface area contributed by atoms with Gasteiger partial charge in [-0.3, -0.25) is 4.79 Å². The Labute approximate surface area is 183 Å². The van der Waals surface area contributed by atoms with E-state index in [2.05, 4.69) is 59.0 Å². The average molecular weight is 413 g/mol. The molecule has 0 atom stereocenters. The quantitative estimate of drug-likeness (QED) is 0.444. The minimum absolute atomic E-state index is 0.0352. The molecule has 0 aliphatic heterocycles. The van der Waals surface area contributed by atoms with Crippen molar-refractivity contribution >= 4 is 22.8 Å². The van der Waals surface area contributed by atoms with Crippen LogP contribution in [-0.2, 0) is 17.8 Å². The first-order valence-electron chi connectivity index (χ1n) is 10.7. The summed E-state index contributed by atoms with van der Waals surface area (Å²) in [5, 5.41) is 3.05. The van der Waals surface area contributed by atoms with Crippen LogP contribution in [0.25, 0.3) is 11.2 Å². The monoisotopic (exact) mass is 412 g/mol. The minimum atomic E-state index is 0.0352. The molecular weight excluding hydrogens is 384 g/mol. The molecule has 0 spiro atoms. The van der Waals surface area contributed by atoms with Crippen molar-refractivity contribution in [1.82, 2.24) is 14.5 Å². The molecule has 5 nitrogen and oxygen atoms in total. The molecule has 31 heavy (non-hydrogen) atoms. The SMILES string of the molecule is Cc1ccc(Cn2c(CCCC(=O)Nc3cccc(C)c3C)nc3cccnc32)cc1. The number of carbonyl (C=O) groups is 1. The van der Waals surface area contributed by atoms with Crippen LogP contribution in [0.15, 0.2) is 60.8 Å². The molecule has 2 aromatic heterocycles. The Balaban J connectivity index is 1.46. The van der Waals surface area contributed by atoms with Crippen LogP contribution < -0.4 is 5.32 Å². The molecule has 2 heterocycles. The lowest BCUT2D eigenvalue weighted by Gasteiger charge is -2.11. The van der Waals surface area contributed by atoms with Gasteiger partial charge in [0.15, 0.2) is 5.65 Å². The number of rotatable bonds is 7. The average Bonchev–Trinajstić information content (AvgIpc) is 3.10. The van der Waals surface area contributed by atoms with E-state index in [1.165, 1.54) is 16.7 Å². The highest BCUT2D eigenvalue weighted by molar-refractivity contribution is 5.91. The van der Waals surface area contributed by atoms with Crippen LogP contribution in [0.5, 0.6) is 0 Å². The summed E-state index contributed by atoms with van der Waals surface area (Å²) >= 11 is 0. The molecule has 0 bridgehead atoms. The van der Waals surface area contributed by atoms with Gasteiger partial charge in [-0.1, -0.05) is 42.0 Å². The van der Waals surface area contributed by atoms with Gasteiger partial charge in [0.1, 0.15) is 11.3 Å². The van der Waals surface area contributed by atoms with Crippen LogP contribution in [0.2, 0.25) is 0 Å². The minimum Gasteiger partial charge on any atom is -0.326 e. The Bertz CT molecular complexity index is 1210. The van der Waals surface area contributed by atoms with E-state index < -0.39 is 0 Å². The maximum atomic E-state index is 12.5. The highest BCUT2D eigenvalue weighted by atomic mass is 16.1. The largest absolute Gasteiger partial charge is 0.326 e. The summed E-state index contributed by atoms with van der Waals surface area (Å²) in [6.45, 7) is 6.90. The Kier molecular flexibility index (Phi) is 6.12. The van der Waals surface area contributed by atoms with Crippen molar-refractivity contribution in [3.8, 4) is 0 Å². The third-order valence-electron chi connectivity index (χ3n) is 5.73. The maximum absolute atomic E-state index is 12.5. The van der Waals surface area contributed by atoms with Crippen LogP contribution in [-0.4, -0.2) is 20.4 Å². The summed E-state index contributed by atoms with van der Waals surface area (Å²) in [4.78, 5) is 21.9. The first kappa shape index (κ1) is 20.8. The Morgan fingerprint density at radius 2 is 1.81 bits per heavy atom. The number of imidazole rings is 1. The number of fused-ring (bicyclic) bond motifs is 1. The van der Waals surface area contributed by atoms with Crippen molar-refractivity contribution in [2.24, 2.45) is 0 Å². The molecular formula is C26H28N4O. The van der Waals surface area contributed by atoms with Gasteiger partial charge in [0.2, 0.25) is 5.91 Å². The van der Waals surface area contributed by atoms with Gasteiger partial charge in [-0.05, 0) is 62.1 Å². The maximum Gasteiger partial charge on any atom is 0.224 e. The van der Waals surface area contributed by atoms with E-state index in [4.69, 9.17) is 4.98 Å². The molecule has 0 unspecified atom stereocenters. The number of anilines is 1. The molecule has 0 aliphatic rings. The van der Waals surface area contributed by atoms with Gasteiger partial charge in [0.25, 0.3) is 0 Å². The van der Waals surface area contributed by atoms with Gasteiger partial charge < -0.3 is 9.88 Å². The molecule has 5 heteroatoms. The first-order valence-corrected chi connectivity index (χ1v) is 10.7. The van der Waals surface area contributed by atoms with Gasteiger partial charge in [-0.2, -0.15) is 0 Å². The second-order valence-corrected chi connectivity index (χ2v) is 8.10. The number of aromatic nitrogens is 3. The van der Waals surface area contributed by atoms with Crippen LogP contribution in [0.1, 0.15) is 40.9 Å². The van der Waals surface area contributed by atoms with E-state index in [-0.39, 0.29) is 5.91 Å². The predicted molar refractivity (Wildman–Crippen MR) is 125 cm³/mol. The van der Waals surface area contributed by atoms with Gasteiger partial charge in [-0.25, -0.2) is 9.97 Å². The summed E-state index contributed by atoms with van der Waals surface area (Å²) in [6, 6.07) is 18.4. The number of hydrogen-bond donors (Lipinski definition) is 1. The predicted octanol–water partition coefficient (Wildman–Crippen LogP) is 5.37. The smallest absolute Gasteiger partial charge is 0.224 e. The Morgan fingerprint density at radius 3 is 2.61 bits per heavy atom. The molecule has 0 aliphatic carbocycles. The number of hydrogen-bond acceptors (Lipinski definition) is 3. The van der Waals surface area contributed by atoms with E-state index in [1.54, 1.807) is 6.20 Å². The van der Waals surface area contributed by atoms with Crippen LogP contribution in [0.3, 0.4) is 0 Å². The molecule has 0 saturated heterocycles. The topological polar surface area (TPSA) is 59.8 Å². The molecule has 0 radical (unpaired) electrons. The fourth-order valence-corrected chi connectivity index (χ4v) is 3.74. The number of amides is 1. The van der Waals surface area contributed by atoms with Crippen LogP contribution >= 0.6 is 0 Å². The molecule has 158 valence electrons. The number of pyridine rings is 1. The lowest BCUT2D eigenvalue weighted by atomic mass is 10.1. The normalized spacial score (nSPS) is 11.1. The van der Waals surface area contributed by atoms with E-state index in [0.29, 0.717) is 6.42 Å². The Morgan fingerprint density at radius 1 is 1.00 bits per heavy atom. The molecule has 4 rings (SSSR count). The van der Waals surface area contributed by atoms with Gasteiger partial charge in [-0.15, -0.1) is 0 Å².